The van der Waals surface area contributed by atoms with Gasteiger partial charge in [0.1, 0.15) is 5.82 Å². The number of carbonyl (C=O) groups is 1. The van der Waals surface area contributed by atoms with Gasteiger partial charge < -0.3 is 10.0 Å². The third-order valence-electron chi connectivity index (χ3n) is 2.72. The zero-order valence-corrected chi connectivity index (χ0v) is 10.4. The third-order valence-corrected chi connectivity index (χ3v) is 2.72. The van der Waals surface area contributed by atoms with Gasteiger partial charge in [-0.05, 0) is 13.3 Å². The maximum absolute atomic E-state index is 10.5. The molecule has 0 bridgehead atoms. The van der Waals surface area contributed by atoms with E-state index >= 15 is 0 Å². The molecule has 0 amide bonds. The molecule has 0 unspecified atom stereocenters. The zero-order chi connectivity index (χ0) is 13.1. The number of aryl methyl sites for hydroxylation is 1. The van der Waals surface area contributed by atoms with E-state index in [1.807, 2.05) is 23.3 Å². The van der Waals surface area contributed by atoms with Crippen LogP contribution in [0.4, 0.5) is 5.82 Å². The van der Waals surface area contributed by atoms with E-state index < -0.39 is 5.97 Å². The maximum Gasteiger partial charge on any atom is 0.303 e. The molecule has 0 aromatic carbocycles. The molecule has 0 radical (unpaired) electrons. The molecule has 2 aromatic rings. The number of carboxylic acid groups (broad SMARTS) is 1. The predicted molar refractivity (Wildman–Crippen MR) is 65.7 cm³/mol. The van der Waals surface area contributed by atoms with Crippen LogP contribution in [0.3, 0.4) is 0 Å². The van der Waals surface area contributed by atoms with Crippen LogP contribution in [0.5, 0.6) is 0 Å². The highest BCUT2D eigenvalue weighted by Gasteiger charge is 2.11. The first-order valence-electron chi connectivity index (χ1n) is 5.69. The number of carboxylic acids is 1. The van der Waals surface area contributed by atoms with Crippen molar-refractivity contribution in [3.05, 3.63) is 18.2 Å². The Morgan fingerprint density at radius 2 is 2.28 bits per heavy atom. The molecule has 0 spiro atoms. The molecule has 0 aliphatic rings. The van der Waals surface area contributed by atoms with Crippen molar-refractivity contribution in [2.24, 2.45) is 0 Å². The van der Waals surface area contributed by atoms with Gasteiger partial charge in [0, 0.05) is 32.4 Å². The third kappa shape index (κ3) is 2.39. The van der Waals surface area contributed by atoms with Crippen LogP contribution in [0, 0.1) is 6.92 Å². The summed E-state index contributed by atoms with van der Waals surface area (Å²) < 4.78 is 1.86. The first kappa shape index (κ1) is 12.3. The average molecular weight is 249 g/mol. The smallest absolute Gasteiger partial charge is 0.303 e. The molecule has 1 N–H and O–H groups in total. The van der Waals surface area contributed by atoms with Gasteiger partial charge in [-0.2, -0.15) is 0 Å². The van der Waals surface area contributed by atoms with Gasteiger partial charge in [0.2, 0.25) is 5.65 Å². The van der Waals surface area contributed by atoms with Crippen molar-refractivity contribution in [1.82, 2.24) is 19.6 Å². The van der Waals surface area contributed by atoms with Crippen molar-refractivity contribution in [3.8, 4) is 0 Å². The fraction of sp³-hybridized carbons (Fsp3) is 0.455. The van der Waals surface area contributed by atoms with Crippen LogP contribution in [0.15, 0.2) is 12.4 Å². The zero-order valence-electron chi connectivity index (χ0n) is 10.4. The molecule has 2 rings (SSSR count). The predicted octanol–water partition coefficient (Wildman–Crippen LogP) is 0.734. The van der Waals surface area contributed by atoms with Crippen LogP contribution in [-0.4, -0.2) is 44.3 Å². The van der Waals surface area contributed by atoms with Gasteiger partial charge in [0.15, 0.2) is 5.82 Å². The van der Waals surface area contributed by atoms with E-state index in [4.69, 9.17) is 5.11 Å². The second-order valence-electron chi connectivity index (χ2n) is 4.11. The van der Waals surface area contributed by atoms with Crippen molar-refractivity contribution in [3.63, 3.8) is 0 Å². The van der Waals surface area contributed by atoms with E-state index in [1.54, 1.807) is 12.4 Å². The Morgan fingerprint density at radius 3 is 3.00 bits per heavy atom. The largest absolute Gasteiger partial charge is 0.481 e. The molecule has 0 aliphatic carbocycles. The first-order chi connectivity index (χ1) is 8.59. The maximum atomic E-state index is 10.5. The molecular formula is C11H15N5O2. The molecule has 0 aliphatic heterocycles. The van der Waals surface area contributed by atoms with E-state index in [1.165, 1.54) is 0 Å². The molecule has 0 atom stereocenters. The van der Waals surface area contributed by atoms with E-state index in [2.05, 4.69) is 15.2 Å². The Morgan fingerprint density at radius 1 is 1.50 bits per heavy atom. The van der Waals surface area contributed by atoms with Crippen LogP contribution in [0.1, 0.15) is 18.7 Å². The molecule has 96 valence electrons. The van der Waals surface area contributed by atoms with Crippen LogP contribution in [0.25, 0.3) is 5.65 Å². The summed E-state index contributed by atoms with van der Waals surface area (Å²) in [5, 5.41) is 16.7. The number of rotatable bonds is 5. The lowest BCUT2D eigenvalue weighted by atomic mass is 10.3. The number of hydrogen-bond donors (Lipinski definition) is 1. The Balaban J connectivity index is 2.17. The molecule has 0 fully saturated rings. The highest BCUT2D eigenvalue weighted by atomic mass is 16.4. The lowest BCUT2D eigenvalue weighted by molar-refractivity contribution is -0.137. The average Bonchev–Trinajstić information content (AvgIpc) is 2.71. The van der Waals surface area contributed by atoms with Crippen molar-refractivity contribution in [1.29, 1.82) is 0 Å². The minimum Gasteiger partial charge on any atom is -0.481 e. The number of hydrogen-bond acceptors (Lipinski definition) is 5. The first-order valence-corrected chi connectivity index (χ1v) is 5.69. The fourth-order valence-electron chi connectivity index (χ4n) is 1.77. The number of nitrogens with zero attached hydrogens (tertiary/aromatic N) is 5. The molecule has 7 nitrogen and oxygen atoms in total. The lowest BCUT2D eigenvalue weighted by Crippen LogP contribution is -2.21. The fourth-order valence-corrected chi connectivity index (χ4v) is 1.77. The number of aliphatic carboxylic acids is 1. The number of aromatic nitrogens is 4. The summed E-state index contributed by atoms with van der Waals surface area (Å²) in [6.07, 6.45) is 4.21. The van der Waals surface area contributed by atoms with E-state index in [9.17, 15) is 4.79 Å². The minimum atomic E-state index is -0.784. The van der Waals surface area contributed by atoms with Gasteiger partial charge in [-0.3, -0.25) is 9.20 Å². The monoisotopic (exact) mass is 249 g/mol. The topological polar surface area (TPSA) is 83.6 Å². The van der Waals surface area contributed by atoms with Crippen molar-refractivity contribution in [2.45, 2.75) is 19.8 Å². The van der Waals surface area contributed by atoms with Gasteiger partial charge >= 0.3 is 5.97 Å². The highest BCUT2D eigenvalue weighted by molar-refractivity contribution is 5.67. The summed E-state index contributed by atoms with van der Waals surface area (Å²) in [4.78, 5) is 16.6. The van der Waals surface area contributed by atoms with E-state index in [-0.39, 0.29) is 6.42 Å². The lowest BCUT2D eigenvalue weighted by Gasteiger charge is -2.17. The Hall–Kier alpha value is -2.18. The molecule has 0 saturated carbocycles. The second kappa shape index (κ2) is 4.99. The Bertz CT molecular complexity index is 566. The Kier molecular flexibility index (Phi) is 3.40. The van der Waals surface area contributed by atoms with E-state index in [0.29, 0.717) is 24.4 Å². The number of fused-ring (bicyclic) bond motifs is 1. The number of anilines is 1. The SMILES string of the molecule is Cc1nnc2c(N(C)CCCC(=O)O)nccn12. The second-order valence-corrected chi connectivity index (χ2v) is 4.11. The van der Waals surface area contributed by atoms with Gasteiger partial charge in [-0.1, -0.05) is 0 Å². The molecule has 18 heavy (non-hydrogen) atoms. The summed E-state index contributed by atoms with van der Waals surface area (Å²) in [5.74, 6) is 0.726. The van der Waals surface area contributed by atoms with Gasteiger partial charge in [-0.15, -0.1) is 10.2 Å². The van der Waals surface area contributed by atoms with Crippen molar-refractivity contribution in [2.75, 3.05) is 18.5 Å². The van der Waals surface area contributed by atoms with Crippen LogP contribution >= 0.6 is 0 Å². The van der Waals surface area contributed by atoms with Crippen molar-refractivity contribution < 1.29 is 9.90 Å². The summed E-state index contributed by atoms with van der Waals surface area (Å²) in [5.41, 5.74) is 0.688. The van der Waals surface area contributed by atoms with Gasteiger partial charge in [0.25, 0.3) is 0 Å². The summed E-state index contributed by atoms with van der Waals surface area (Å²) in [7, 11) is 1.87. The molecule has 0 saturated heterocycles. The summed E-state index contributed by atoms with van der Waals surface area (Å²) >= 11 is 0. The molecule has 2 aromatic heterocycles. The quantitative estimate of drug-likeness (QED) is 0.841. The standard InChI is InChI=1S/C11H15N5O2/c1-8-13-14-11-10(12-5-7-16(8)11)15(2)6-3-4-9(17)18/h5,7H,3-4,6H2,1-2H3,(H,17,18). The molecular weight excluding hydrogens is 234 g/mol. The van der Waals surface area contributed by atoms with Gasteiger partial charge in [0.05, 0.1) is 0 Å². The van der Waals surface area contributed by atoms with Crippen molar-refractivity contribution >= 4 is 17.4 Å². The minimum absolute atomic E-state index is 0.152. The summed E-state index contributed by atoms with van der Waals surface area (Å²) in [6, 6.07) is 0. The molecule has 2 heterocycles. The summed E-state index contributed by atoms with van der Waals surface area (Å²) in [6.45, 7) is 2.49. The van der Waals surface area contributed by atoms with Crippen LogP contribution in [-0.2, 0) is 4.79 Å². The molecule has 7 heteroatoms. The van der Waals surface area contributed by atoms with E-state index in [0.717, 1.165) is 5.82 Å². The van der Waals surface area contributed by atoms with Gasteiger partial charge in [-0.25, -0.2) is 4.98 Å². The Labute approximate surface area is 104 Å². The normalized spacial score (nSPS) is 10.8. The van der Waals surface area contributed by atoms with Crippen LogP contribution in [0.2, 0.25) is 0 Å². The van der Waals surface area contributed by atoms with Crippen LogP contribution < -0.4 is 4.90 Å². The highest BCUT2D eigenvalue weighted by Crippen LogP contribution is 2.16.